The van der Waals surface area contributed by atoms with Gasteiger partial charge in [-0.2, -0.15) is 10.5 Å². The number of hydrogen-bond acceptors (Lipinski definition) is 3. The van der Waals surface area contributed by atoms with Crippen LogP contribution in [-0.2, 0) is 11.2 Å². The van der Waals surface area contributed by atoms with Crippen molar-refractivity contribution >= 4 is 6.29 Å². The molecule has 0 aliphatic heterocycles. The van der Waals surface area contributed by atoms with Crippen molar-refractivity contribution in [3.63, 3.8) is 0 Å². The molecule has 0 aliphatic rings. The average molecular weight is 170 g/mol. The third-order valence-electron chi connectivity index (χ3n) is 1.57. The standard InChI is InChI=1S/C10H6N2O/c11-6-9-3-8(1-2-13)4-10(5-9)7-12/h2-5H,1H2. The second kappa shape index (κ2) is 4.04. The molecule has 1 rings (SSSR count). The van der Waals surface area contributed by atoms with Crippen LogP contribution < -0.4 is 0 Å². The van der Waals surface area contributed by atoms with Gasteiger partial charge >= 0.3 is 0 Å². The molecule has 0 saturated carbocycles. The van der Waals surface area contributed by atoms with E-state index in [-0.39, 0.29) is 6.42 Å². The Morgan fingerprint density at radius 2 is 1.69 bits per heavy atom. The minimum absolute atomic E-state index is 0.240. The lowest BCUT2D eigenvalue weighted by Crippen LogP contribution is -1.89. The van der Waals surface area contributed by atoms with Crippen LogP contribution >= 0.6 is 0 Å². The Morgan fingerprint density at radius 1 is 1.15 bits per heavy atom. The van der Waals surface area contributed by atoms with Gasteiger partial charge in [-0.05, 0) is 23.8 Å². The number of carbonyl (C=O) groups is 1. The molecule has 62 valence electrons. The number of benzene rings is 1. The molecule has 0 bridgehead atoms. The van der Waals surface area contributed by atoms with Gasteiger partial charge in [-0.25, -0.2) is 0 Å². The SMILES string of the molecule is N#Cc1cc(C#N)cc(CC=O)c1. The molecule has 0 aliphatic carbocycles. The zero-order chi connectivity index (χ0) is 9.68. The molecule has 0 spiro atoms. The molecule has 0 saturated heterocycles. The van der Waals surface area contributed by atoms with Gasteiger partial charge in [-0.3, -0.25) is 0 Å². The van der Waals surface area contributed by atoms with Gasteiger partial charge in [0.2, 0.25) is 0 Å². The Morgan fingerprint density at radius 3 is 2.08 bits per heavy atom. The Balaban J connectivity index is 3.18. The highest BCUT2D eigenvalue weighted by Crippen LogP contribution is 2.08. The summed E-state index contributed by atoms with van der Waals surface area (Å²) in [5, 5.41) is 17.2. The van der Waals surface area contributed by atoms with Crippen molar-refractivity contribution in [1.82, 2.24) is 0 Å². The van der Waals surface area contributed by atoms with Crippen LogP contribution in [0, 0.1) is 22.7 Å². The highest BCUT2D eigenvalue weighted by Gasteiger charge is 1.99. The van der Waals surface area contributed by atoms with E-state index in [4.69, 9.17) is 10.5 Å². The molecule has 3 heteroatoms. The molecule has 13 heavy (non-hydrogen) atoms. The van der Waals surface area contributed by atoms with Crippen LogP contribution in [0.1, 0.15) is 16.7 Å². The molecule has 0 aromatic heterocycles. The van der Waals surface area contributed by atoms with Crippen molar-refractivity contribution in [1.29, 1.82) is 10.5 Å². The Bertz CT molecular complexity index is 378. The van der Waals surface area contributed by atoms with E-state index < -0.39 is 0 Å². The van der Waals surface area contributed by atoms with Crippen LogP contribution in [0.25, 0.3) is 0 Å². The summed E-state index contributed by atoms with van der Waals surface area (Å²) >= 11 is 0. The van der Waals surface area contributed by atoms with Gasteiger partial charge < -0.3 is 4.79 Å². The lowest BCUT2D eigenvalue weighted by molar-refractivity contribution is -0.107. The van der Waals surface area contributed by atoms with Gasteiger partial charge in [-0.1, -0.05) is 0 Å². The highest BCUT2D eigenvalue weighted by molar-refractivity contribution is 5.56. The van der Waals surface area contributed by atoms with E-state index in [1.165, 1.54) is 6.07 Å². The molecule has 0 atom stereocenters. The molecule has 0 unspecified atom stereocenters. The van der Waals surface area contributed by atoms with Gasteiger partial charge in [0.15, 0.2) is 0 Å². The third-order valence-corrected chi connectivity index (χ3v) is 1.57. The van der Waals surface area contributed by atoms with Gasteiger partial charge in [0.1, 0.15) is 6.29 Å². The summed E-state index contributed by atoms with van der Waals surface area (Å²) in [6.45, 7) is 0. The Hall–Kier alpha value is -2.13. The smallest absolute Gasteiger partial charge is 0.124 e. The number of nitrogens with zero attached hydrogens (tertiary/aromatic N) is 2. The van der Waals surface area contributed by atoms with Crippen LogP contribution in [0.2, 0.25) is 0 Å². The normalized spacial score (nSPS) is 8.46. The van der Waals surface area contributed by atoms with E-state index in [9.17, 15) is 4.79 Å². The second-order valence-electron chi connectivity index (χ2n) is 2.51. The number of nitriles is 2. The van der Waals surface area contributed by atoms with Crippen molar-refractivity contribution in [2.75, 3.05) is 0 Å². The summed E-state index contributed by atoms with van der Waals surface area (Å²) in [4.78, 5) is 10.2. The maximum absolute atomic E-state index is 10.2. The lowest BCUT2D eigenvalue weighted by atomic mass is 10.1. The molecule has 1 aromatic carbocycles. The predicted octanol–water partition coefficient (Wildman–Crippen LogP) is 1.17. The van der Waals surface area contributed by atoms with Crippen LogP contribution in [-0.4, -0.2) is 6.29 Å². The maximum atomic E-state index is 10.2. The number of aldehydes is 1. The summed E-state index contributed by atoms with van der Waals surface area (Å²) in [7, 11) is 0. The van der Waals surface area contributed by atoms with E-state index >= 15 is 0 Å². The van der Waals surface area contributed by atoms with Gasteiger partial charge in [-0.15, -0.1) is 0 Å². The first-order chi connectivity index (χ1) is 6.30. The lowest BCUT2D eigenvalue weighted by Gasteiger charge is -1.96. The van der Waals surface area contributed by atoms with Crippen LogP contribution in [0.15, 0.2) is 18.2 Å². The first-order valence-corrected chi connectivity index (χ1v) is 3.68. The summed E-state index contributed by atoms with van der Waals surface area (Å²) < 4.78 is 0. The second-order valence-corrected chi connectivity index (χ2v) is 2.51. The van der Waals surface area contributed by atoms with Crippen LogP contribution in [0.5, 0.6) is 0 Å². The van der Waals surface area contributed by atoms with E-state index in [1.54, 1.807) is 12.1 Å². The summed E-state index contributed by atoms with van der Waals surface area (Å²) in [5.41, 5.74) is 1.53. The monoisotopic (exact) mass is 170 g/mol. The third kappa shape index (κ3) is 2.15. The fourth-order valence-electron chi connectivity index (χ4n) is 1.04. The van der Waals surface area contributed by atoms with Crippen molar-refractivity contribution in [2.45, 2.75) is 6.42 Å². The number of rotatable bonds is 2. The molecule has 0 fully saturated rings. The molecule has 3 nitrogen and oxygen atoms in total. The summed E-state index contributed by atoms with van der Waals surface area (Å²) in [6, 6.07) is 8.57. The van der Waals surface area contributed by atoms with Crippen molar-refractivity contribution in [3.8, 4) is 12.1 Å². The Kier molecular flexibility index (Phi) is 2.78. The molecule has 1 aromatic rings. The summed E-state index contributed by atoms with van der Waals surface area (Å²) in [5.74, 6) is 0. The van der Waals surface area contributed by atoms with E-state index in [0.717, 1.165) is 6.29 Å². The molecular weight excluding hydrogens is 164 g/mol. The highest BCUT2D eigenvalue weighted by atomic mass is 16.1. The topological polar surface area (TPSA) is 64.7 Å². The van der Waals surface area contributed by atoms with Crippen LogP contribution in [0.3, 0.4) is 0 Å². The largest absolute Gasteiger partial charge is 0.303 e. The van der Waals surface area contributed by atoms with E-state index in [1.807, 2.05) is 12.1 Å². The van der Waals surface area contributed by atoms with Crippen molar-refractivity contribution in [2.24, 2.45) is 0 Å². The minimum atomic E-state index is 0.240. The molecule has 0 heterocycles. The minimum Gasteiger partial charge on any atom is -0.303 e. The molecule has 0 N–H and O–H groups in total. The van der Waals surface area contributed by atoms with Crippen LogP contribution in [0.4, 0.5) is 0 Å². The van der Waals surface area contributed by atoms with Crippen molar-refractivity contribution < 1.29 is 4.79 Å². The first-order valence-electron chi connectivity index (χ1n) is 3.68. The molecule has 0 radical (unpaired) electrons. The zero-order valence-corrected chi connectivity index (χ0v) is 6.82. The number of carbonyl (C=O) groups excluding carboxylic acids is 1. The number of hydrogen-bond donors (Lipinski definition) is 0. The predicted molar refractivity (Wildman–Crippen MR) is 45.6 cm³/mol. The average Bonchev–Trinajstić information content (AvgIpc) is 2.17. The first kappa shape index (κ1) is 8.96. The fraction of sp³-hybridized carbons (Fsp3) is 0.100. The molecule has 0 amide bonds. The van der Waals surface area contributed by atoms with E-state index in [0.29, 0.717) is 16.7 Å². The quantitative estimate of drug-likeness (QED) is 0.626. The fourth-order valence-corrected chi connectivity index (χ4v) is 1.04. The van der Waals surface area contributed by atoms with Gasteiger partial charge in [0.05, 0.1) is 23.3 Å². The van der Waals surface area contributed by atoms with E-state index in [2.05, 4.69) is 0 Å². The van der Waals surface area contributed by atoms with Gasteiger partial charge in [0, 0.05) is 6.42 Å². The maximum Gasteiger partial charge on any atom is 0.124 e. The van der Waals surface area contributed by atoms with Crippen molar-refractivity contribution in [3.05, 3.63) is 34.9 Å². The Labute approximate surface area is 75.8 Å². The summed E-state index contributed by atoms with van der Waals surface area (Å²) in [6.07, 6.45) is 0.988. The molecular formula is C10H6N2O. The zero-order valence-electron chi connectivity index (χ0n) is 6.82. The van der Waals surface area contributed by atoms with Gasteiger partial charge in [0.25, 0.3) is 0 Å².